The van der Waals surface area contributed by atoms with Gasteiger partial charge in [0.1, 0.15) is 5.82 Å². The summed E-state index contributed by atoms with van der Waals surface area (Å²) in [5.41, 5.74) is 0.501. The Labute approximate surface area is 107 Å². The van der Waals surface area contributed by atoms with Gasteiger partial charge in [-0.25, -0.2) is 4.39 Å². The monoisotopic (exact) mass is 250 g/mol. The molecule has 1 aromatic carbocycles. The second kappa shape index (κ2) is 5.96. The molecule has 0 saturated heterocycles. The van der Waals surface area contributed by atoms with Gasteiger partial charge in [-0.05, 0) is 43.4 Å². The van der Waals surface area contributed by atoms with Crippen LogP contribution in [0.1, 0.15) is 26.2 Å². The van der Waals surface area contributed by atoms with Crippen LogP contribution in [-0.4, -0.2) is 18.5 Å². The van der Waals surface area contributed by atoms with Crippen molar-refractivity contribution in [2.45, 2.75) is 32.2 Å². The lowest BCUT2D eigenvalue weighted by Gasteiger charge is -2.12. The summed E-state index contributed by atoms with van der Waals surface area (Å²) in [6.07, 6.45) is 3.49. The molecular weight excluding hydrogens is 231 g/mol. The molecule has 1 aliphatic rings. The normalized spacial score (nSPS) is 23.0. The smallest absolute Gasteiger partial charge is 0.238 e. The Hall–Kier alpha value is -1.42. The minimum Gasteiger partial charge on any atom is -0.325 e. The third-order valence-electron chi connectivity index (χ3n) is 3.35. The molecule has 18 heavy (non-hydrogen) atoms. The number of hydrogen-bond acceptors (Lipinski definition) is 2. The lowest BCUT2D eigenvalue weighted by molar-refractivity contribution is -0.115. The number of rotatable bonds is 4. The zero-order chi connectivity index (χ0) is 13.0. The summed E-state index contributed by atoms with van der Waals surface area (Å²) in [6.45, 7) is 2.52. The standard InChI is InChI=1S/C14H19FN2O/c1-10-5-6-12(7-10)16-9-14(18)17-13-4-2-3-11(15)8-13/h2-4,8,10,12,16H,5-7,9H2,1H3,(H,17,18). The number of carbonyl (C=O) groups is 1. The highest BCUT2D eigenvalue weighted by Crippen LogP contribution is 2.24. The van der Waals surface area contributed by atoms with Crippen molar-refractivity contribution < 1.29 is 9.18 Å². The van der Waals surface area contributed by atoms with Crippen molar-refractivity contribution in [1.29, 1.82) is 0 Å². The Morgan fingerprint density at radius 3 is 2.94 bits per heavy atom. The van der Waals surface area contributed by atoms with Gasteiger partial charge in [0.05, 0.1) is 6.54 Å². The summed E-state index contributed by atoms with van der Waals surface area (Å²) in [4.78, 5) is 11.7. The zero-order valence-corrected chi connectivity index (χ0v) is 10.6. The van der Waals surface area contributed by atoms with Gasteiger partial charge < -0.3 is 10.6 Å². The molecule has 0 bridgehead atoms. The maximum absolute atomic E-state index is 12.9. The Morgan fingerprint density at radius 2 is 2.28 bits per heavy atom. The van der Waals surface area contributed by atoms with Crippen molar-refractivity contribution in [3.8, 4) is 0 Å². The van der Waals surface area contributed by atoms with Crippen molar-refractivity contribution in [2.75, 3.05) is 11.9 Å². The van der Waals surface area contributed by atoms with Crippen LogP contribution >= 0.6 is 0 Å². The molecule has 0 radical (unpaired) electrons. The minimum atomic E-state index is -0.342. The van der Waals surface area contributed by atoms with E-state index in [9.17, 15) is 9.18 Å². The fourth-order valence-corrected chi connectivity index (χ4v) is 2.40. The van der Waals surface area contributed by atoms with Crippen LogP contribution in [0.15, 0.2) is 24.3 Å². The van der Waals surface area contributed by atoms with Crippen molar-refractivity contribution in [3.63, 3.8) is 0 Å². The van der Waals surface area contributed by atoms with Gasteiger partial charge >= 0.3 is 0 Å². The first-order valence-electron chi connectivity index (χ1n) is 6.42. The largest absolute Gasteiger partial charge is 0.325 e. The average molecular weight is 250 g/mol. The van der Waals surface area contributed by atoms with E-state index in [1.54, 1.807) is 12.1 Å². The molecule has 1 amide bonds. The fraction of sp³-hybridized carbons (Fsp3) is 0.500. The number of benzene rings is 1. The molecule has 2 N–H and O–H groups in total. The summed E-state index contributed by atoms with van der Waals surface area (Å²) in [6, 6.07) is 6.37. The van der Waals surface area contributed by atoms with Crippen molar-refractivity contribution in [3.05, 3.63) is 30.1 Å². The molecule has 0 aliphatic heterocycles. The Balaban J connectivity index is 1.75. The molecule has 0 heterocycles. The number of amides is 1. The van der Waals surface area contributed by atoms with Gasteiger partial charge in [-0.3, -0.25) is 4.79 Å². The molecule has 1 aromatic rings. The average Bonchev–Trinajstić information content (AvgIpc) is 2.73. The van der Waals surface area contributed by atoms with E-state index >= 15 is 0 Å². The van der Waals surface area contributed by atoms with Crippen LogP contribution in [0.2, 0.25) is 0 Å². The first kappa shape index (κ1) is 13.0. The van der Waals surface area contributed by atoms with E-state index in [-0.39, 0.29) is 18.3 Å². The first-order chi connectivity index (χ1) is 8.63. The second-order valence-corrected chi connectivity index (χ2v) is 5.05. The summed E-state index contributed by atoms with van der Waals surface area (Å²) in [5.74, 6) is 0.277. The van der Waals surface area contributed by atoms with Gasteiger partial charge in [-0.1, -0.05) is 13.0 Å². The maximum atomic E-state index is 12.9. The quantitative estimate of drug-likeness (QED) is 0.862. The number of carbonyl (C=O) groups excluding carboxylic acids is 1. The fourth-order valence-electron chi connectivity index (χ4n) is 2.40. The molecule has 1 fully saturated rings. The highest BCUT2D eigenvalue weighted by atomic mass is 19.1. The summed E-state index contributed by atoms with van der Waals surface area (Å²) in [5, 5.41) is 5.92. The molecule has 2 atom stereocenters. The zero-order valence-electron chi connectivity index (χ0n) is 10.6. The van der Waals surface area contributed by atoms with Gasteiger partial charge in [0.15, 0.2) is 0 Å². The molecular formula is C14H19FN2O. The summed E-state index contributed by atoms with van der Waals surface area (Å²) in [7, 11) is 0. The van der Waals surface area contributed by atoms with Crippen molar-refractivity contribution in [1.82, 2.24) is 5.32 Å². The molecule has 3 nitrogen and oxygen atoms in total. The third kappa shape index (κ3) is 3.81. The lowest BCUT2D eigenvalue weighted by atomic mass is 10.1. The van der Waals surface area contributed by atoms with Crippen LogP contribution in [0.25, 0.3) is 0 Å². The van der Waals surface area contributed by atoms with E-state index in [4.69, 9.17) is 0 Å². The molecule has 0 spiro atoms. The maximum Gasteiger partial charge on any atom is 0.238 e. The van der Waals surface area contributed by atoms with E-state index < -0.39 is 0 Å². The van der Waals surface area contributed by atoms with Crippen molar-refractivity contribution in [2.24, 2.45) is 5.92 Å². The lowest BCUT2D eigenvalue weighted by Crippen LogP contribution is -2.34. The number of hydrogen-bond donors (Lipinski definition) is 2. The van der Waals surface area contributed by atoms with Crippen LogP contribution in [0.3, 0.4) is 0 Å². The molecule has 2 unspecified atom stereocenters. The van der Waals surface area contributed by atoms with Gasteiger partial charge in [-0.2, -0.15) is 0 Å². The predicted octanol–water partition coefficient (Wildman–Crippen LogP) is 2.54. The first-order valence-corrected chi connectivity index (χ1v) is 6.42. The van der Waals surface area contributed by atoms with E-state index in [1.165, 1.54) is 18.6 Å². The molecule has 2 rings (SSSR count). The van der Waals surface area contributed by atoms with Gasteiger partial charge in [-0.15, -0.1) is 0 Å². The minimum absolute atomic E-state index is 0.125. The molecule has 4 heteroatoms. The van der Waals surface area contributed by atoms with Crippen LogP contribution < -0.4 is 10.6 Å². The molecule has 1 aliphatic carbocycles. The van der Waals surface area contributed by atoms with Crippen LogP contribution in [0, 0.1) is 11.7 Å². The van der Waals surface area contributed by atoms with Gasteiger partial charge in [0.25, 0.3) is 0 Å². The van der Waals surface area contributed by atoms with E-state index in [0.717, 1.165) is 18.8 Å². The van der Waals surface area contributed by atoms with Gasteiger partial charge in [0, 0.05) is 11.7 Å². The Kier molecular flexibility index (Phi) is 4.31. The summed E-state index contributed by atoms with van der Waals surface area (Å²) < 4.78 is 12.9. The second-order valence-electron chi connectivity index (χ2n) is 5.05. The number of nitrogens with one attached hydrogen (secondary N) is 2. The SMILES string of the molecule is CC1CCC(NCC(=O)Nc2cccc(F)c2)C1. The molecule has 0 aromatic heterocycles. The van der Waals surface area contributed by atoms with Crippen LogP contribution in [0.5, 0.6) is 0 Å². The van der Waals surface area contributed by atoms with Gasteiger partial charge in [0.2, 0.25) is 5.91 Å². The highest BCUT2D eigenvalue weighted by Gasteiger charge is 2.21. The highest BCUT2D eigenvalue weighted by molar-refractivity contribution is 5.92. The Morgan fingerprint density at radius 1 is 1.44 bits per heavy atom. The van der Waals surface area contributed by atoms with E-state index in [0.29, 0.717) is 11.7 Å². The van der Waals surface area contributed by atoms with E-state index in [1.807, 2.05) is 0 Å². The Bertz CT molecular complexity index is 422. The van der Waals surface area contributed by atoms with Crippen LogP contribution in [0.4, 0.5) is 10.1 Å². The molecule has 1 saturated carbocycles. The van der Waals surface area contributed by atoms with Crippen LogP contribution in [-0.2, 0) is 4.79 Å². The number of anilines is 1. The molecule has 98 valence electrons. The van der Waals surface area contributed by atoms with E-state index in [2.05, 4.69) is 17.6 Å². The summed E-state index contributed by atoms with van der Waals surface area (Å²) >= 11 is 0. The topological polar surface area (TPSA) is 41.1 Å². The predicted molar refractivity (Wildman–Crippen MR) is 69.8 cm³/mol. The third-order valence-corrected chi connectivity index (χ3v) is 3.35. The number of halogens is 1. The van der Waals surface area contributed by atoms with Crippen molar-refractivity contribution >= 4 is 11.6 Å².